The molecule has 2 aromatic rings. The quantitative estimate of drug-likeness (QED) is 0.458. The molecule has 146 valence electrons. The fourth-order valence-corrected chi connectivity index (χ4v) is 3.32. The average molecular weight is 403 g/mol. The zero-order valence-corrected chi connectivity index (χ0v) is 16.3. The van der Waals surface area contributed by atoms with Gasteiger partial charge >= 0.3 is 0 Å². The maximum absolute atomic E-state index is 13.2. The summed E-state index contributed by atoms with van der Waals surface area (Å²) in [4.78, 5) is 27.9. The number of ketones is 1. The number of hydrogen-bond donors (Lipinski definition) is 1. The number of Topliss-reactive ketones (excluding diaryl/α,β-unsaturated/α-hetero) is 1. The second kappa shape index (κ2) is 8.12. The standard InChI is InChI=1S/C21H20ClFN2O3/c1-24(2)11-12-25-18(13-3-7-15(22)8-4-13)17(20(27)21(25)28)19(26)14-5-9-16(23)10-6-14/h3-10,18,26H,11-12H2,1-2H3/b19-17+. The molecule has 7 heteroatoms. The van der Waals surface area contributed by atoms with Crippen molar-refractivity contribution in [2.75, 3.05) is 27.2 Å². The van der Waals surface area contributed by atoms with Crippen LogP contribution in [0.1, 0.15) is 17.2 Å². The third-order valence-electron chi connectivity index (χ3n) is 4.67. The molecule has 1 fully saturated rings. The first-order valence-corrected chi connectivity index (χ1v) is 9.24. The van der Waals surface area contributed by atoms with Crippen LogP contribution in [0.3, 0.4) is 0 Å². The highest BCUT2D eigenvalue weighted by atomic mass is 35.5. The summed E-state index contributed by atoms with van der Waals surface area (Å²) in [7, 11) is 3.88. The predicted molar refractivity (Wildman–Crippen MR) is 102 cm³/mol. The van der Waals surface area contributed by atoms with Gasteiger partial charge in [-0.2, -0.15) is 0 Å². The van der Waals surface area contributed by atoms with E-state index in [9.17, 15) is 19.1 Å². The van der Waals surface area contributed by atoms with Crippen LogP contribution in [0.15, 0.2) is 54.1 Å². The number of likely N-dealkylation sites (N-methyl/N-ethyl adjacent to an activating group) is 1. The van der Waals surface area contributed by atoms with E-state index in [4.69, 9.17) is 11.6 Å². The van der Waals surface area contributed by atoms with Gasteiger partial charge in [0.1, 0.15) is 5.82 Å². The molecule has 1 heterocycles. The van der Waals surface area contributed by atoms with Crippen LogP contribution in [0.5, 0.6) is 0 Å². The molecule has 0 aromatic heterocycles. The SMILES string of the molecule is C[NH+](C)CCN1C(=O)C(=O)/C(=C(/[O-])c2ccc(F)cc2)C1c1ccc(Cl)cc1. The first-order valence-electron chi connectivity index (χ1n) is 8.86. The Morgan fingerprint density at radius 1 is 1.11 bits per heavy atom. The van der Waals surface area contributed by atoms with E-state index in [1.807, 2.05) is 14.1 Å². The number of hydrogen-bond acceptors (Lipinski definition) is 3. The fourth-order valence-electron chi connectivity index (χ4n) is 3.19. The summed E-state index contributed by atoms with van der Waals surface area (Å²) in [6, 6.07) is 10.8. The first-order chi connectivity index (χ1) is 13.3. The van der Waals surface area contributed by atoms with Gasteiger partial charge in [-0.3, -0.25) is 9.59 Å². The zero-order valence-electron chi connectivity index (χ0n) is 15.5. The minimum absolute atomic E-state index is 0.118. The number of nitrogens with one attached hydrogen (secondary N) is 1. The van der Waals surface area contributed by atoms with E-state index in [0.29, 0.717) is 23.7 Å². The lowest BCUT2D eigenvalue weighted by Gasteiger charge is -2.27. The third-order valence-corrected chi connectivity index (χ3v) is 4.93. The molecule has 1 aliphatic heterocycles. The highest BCUT2D eigenvalue weighted by Gasteiger charge is 2.44. The molecule has 1 N–H and O–H groups in total. The summed E-state index contributed by atoms with van der Waals surface area (Å²) in [6.45, 7) is 0.932. The lowest BCUT2D eigenvalue weighted by molar-refractivity contribution is -0.857. The topological polar surface area (TPSA) is 64.9 Å². The van der Waals surface area contributed by atoms with Crippen LogP contribution in [0, 0.1) is 5.82 Å². The van der Waals surface area contributed by atoms with Gasteiger partial charge in [0.25, 0.3) is 5.91 Å². The molecule has 5 nitrogen and oxygen atoms in total. The second-order valence-electron chi connectivity index (χ2n) is 6.99. The number of halogens is 2. The summed E-state index contributed by atoms with van der Waals surface area (Å²) < 4.78 is 13.2. The third kappa shape index (κ3) is 3.93. The van der Waals surface area contributed by atoms with Gasteiger partial charge in [-0.25, -0.2) is 4.39 Å². The van der Waals surface area contributed by atoms with Gasteiger partial charge in [0.05, 0.1) is 33.2 Å². The number of benzene rings is 2. The Bertz CT molecular complexity index is 924. The monoisotopic (exact) mass is 402 g/mol. The Balaban J connectivity index is 2.13. The second-order valence-corrected chi connectivity index (χ2v) is 7.42. The van der Waals surface area contributed by atoms with Gasteiger partial charge in [0, 0.05) is 10.6 Å². The summed E-state index contributed by atoms with van der Waals surface area (Å²) in [5.41, 5.74) is 0.673. The van der Waals surface area contributed by atoms with Crippen LogP contribution in [-0.4, -0.2) is 43.8 Å². The number of nitrogens with zero attached hydrogens (tertiary/aromatic N) is 1. The van der Waals surface area contributed by atoms with Gasteiger partial charge in [-0.15, -0.1) is 0 Å². The fraction of sp³-hybridized carbons (Fsp3) is 0.238. The Hall–Kier alpha value is -2.70. The van der Waals surface area contributed by atoms with Crippen molar-refractivity contribution in [2.24, 2.45) is 0 Å². The molecule has 0 radical (unpaired) electrons. The van der Waals surface area contributed by atoms with Crippen molar-refractivity contribution in [3.8, 4) is 0 Å². The van der Waals surface area contributed by atoms with Crippen LogP contribution in [-0.2, 0) is 9.59 Å². The lowest BCUT2D eigenvalue weighted by Crippen LogP contribution is -3.06. The first kappa shape index (κ1) is 20.0. The van der Waals surface area contributed by atoms with Gasteiger partial charge in [0.15, 0.2) is 0 Å². The summed E-state index contributed by atoms with van der Waals surface area (Å²) in [5, 5.41) is 13.6. The van der Waals surface area contributed by atoms with Crippen LogP contribution in [0.25, 0.3) is 5.76 Å². The van der Waals surface area contributed by atoms with E-state index in [-0.39, 0.29) is 11.1 Å². The molecule has 2 aromatic carbocycles. The Morgan fingerprint density at radius 2 is 1.71 bits per heavy atom. The maximum Gasteiger partial charge on any atom is 0.295 e. The van der Waals surface area contributed by atoms with Crippen molar-refractivity contribution in [1.29, 1.82) is 0 Å². The van der Waals surface area contributed by atoms with Crippen molar-refractivity contribution in [3.63, 3.8) is 0 Å². The van der Waals surface area contributed by atoms with Crippen molar-refractivity contribution in [3.05, 3.63) is 76.1 Å². The van der Waals surface area contributed by atoms with Crippen molar-refractivity contribution < 1.29 is 24.0 Å². The molecule has 1 atom stereocenters. The van der Waals surface area contributed by atoms with Crippen LogP contribution in [0.2, 0.25) is 5.02 Å². The summed E-state index contributed by atoms with van der Waals surface area (Å²) in [6.07, 6.45) is 0. The van der Waals surface area contributed by atoms with E-state index < -0.39 is 29.3 Å². The molecular weight excluding hydrogens is 383 g/mol. The molecule has 1 amide bonds. The predicted octanol–water partition coefficient (Wildman–Crippen LogP) is 0.848. The Labute approximate surface area is 167 Å². The molecule has 0 spiro atoms. The maximum atomic E-state index is 13.2. The highest BCUT2D eigenvalue weighted by Crippen LogP contribution is 2.38. The van der Waals surface area contributed by atoms with Crippen LogP contribution >= 0.6 is 11.6 Å². The zero-order chi connectivity index (χ0) is 20.4. The molecular formula is C21H20ClFN2O3. The van der Waals surface area contributed by atoms with E-state index in [1.165, 1.54) is 17.0 Å². The number of carbonyl (C=O) groups is 2. The normalized spacial score (nSPS) is 18.9. The van der Waals surface area contributed by atoms with E-state index >= 15 is 0 Å². The number of amides is 1. The highest BCUT2D eigenvalue weighted by molar-refractivity contribution is 6.46. The molecule has 0 bridgehead atoms. The molecule has 3 rings (SSSR count). The number of rotatable bonds is 5. The van der Waals surface area contributed by atoms with Crippen LogP contribution in [0.4, 0.5) is 4.39 Å². The van der Waals surface area contributed by atoms with Crippen LogP contribution < -0.4 is 10.0 Å². The molecule has 0 saturated carbocycles. The van der Waals surface area contributed by atoms with Gasteiger partial charge < -0.3 is 14.9 Å². The smallest absolute Gasteiger partial charge is 0.295 e. The number of likely N-dealkylation sites (tertiary alicyclic amines) is 1. The Morgan fingerprint density at radius 3 is 2.29 bits per heavy atom. The largest absolute Gasteiger partial charge is 0.872 e. The van der Waals surface area contributed by atoms with E-state index in [1.54, 1.807) is 24.3 Å². The lowest BCUT2D eigenvalue weighted by atomic mass is 9.95. The molecule has 1 saturated heterocycles. The summed E-state index contributed by atoms with van der Waals surface area (Å²) >= 11 is 5.96. The molecule has 1 aliphatic rings. The summed E-state index contributed by atoms with van der Waals surface area (Å²) in [5.74, 6) is -2.58. The van der Waals surface area contributed by atoms with Gasteiger partial charge in [-0.05, 0) is 35.4 Å². The minimum Gasteiger partial charge on any atom is -0.872 e. The van der Waals surface area contributed by atoms with E-state index in [2.05, 4.69) is 0 Å². The molecule has 28 heavy (non-hydrogen) atoms. The minimum atomic E-state index is -0.817. The van der Waals surface area contributed by atoms with Gasteiger partial charge in [-0.1, -0.05) is 41.6 Å². The number of carbonyl (C=O) groups excluding carboxylic acids is 2. The Kier molecular flexibility index (Phi) is 5.82. The van der Waals surface area contributed by atoms with E-state index in [0.717, 1.165) is 17.0 Å². The molecule has 0 aliphatic carbocycles. The molecule has 1 unspecified atom stereocenters. The van der Waals surface area contributed by atoms with Crippen molar-refractivity contribution in [2.45, 2.75) is 6.04 Å². The average Bonchev–Trinajstić information content (AvgIpc) is 2.91. The van der Waals surface area contributed by atoms with Gasteiger partial charge in [0.2, 0.25) is 5.78 Å². The van der Waals surface area contributed by atoms with Crippen molar-refractivity contribution in [1.82, 2.24) is 4.90 Å². The number of quaternary nitrogens is 1. The van der Waals surface area contributed by atoms with Crippen molar-refractivity contribution >= 4 is 29.1 Å².